The zero-order valence-corrected chi connectivity index (χ0v) is 16.8. The van der Waals surface area contributed by atoms with E-state index < -0.39 is 5.97 Å². The standard InChI is InChI=1S/C26H24O3/c1-4-21(18-12-8-6-9-13-18)23-16-20(29-3)17-24(25(23)26(27)28)22(5-2)19-14-10-7-11-15-19/h4-17H,1-3H3,(H,27,28)/b21-4+,22-5+. The van der Waals surface area contributed by atoms with Gasteiger partial charge in [-0.2, -0.15) is 0 Å². The molecule has 0 heterocycles. The first-order valence-corrected chi connectivity index (χ1v) is 9.50. The molecular formula is C26H24O3. The third-order valence-corrected chi connectivity index (χ3v) is 4.89. The number of rotatable bonds is 6. The number of methoxy groups -OCH3 is 1. The molecule has 146 valence electrons. The molecule has 0 spiro atoms. The highest BCUT2D eigenvalue weighted by Gasteiger charge is 2.23. The van der Waals surface area contributed by atoms with Crippen molar-refractivity contribution in [3.8, 4) is 5.75 Å². The second-order valence-corrected chi connectivity index (χ2v) is 6.54. The molecule has 0 radical (unpaired) electrons. The van der Waals surface area contributed by atoms with E-state index in [0.717, 1.165) is 22.3 Å². The van der Waals surface area contributed by atoms with Crippen molar-refractivity contribution in [2.45, 2.75) is 13.8 Å². The minimum atomic E-state index is -0.969. The highest BCUT2D eigenvalue weighted by molar-refractivity contribution is 6.03. The van der Waals surface area contributed by atoms with Crippen molar-refractivity contribution in [1.82, 2.24) is 0 Å². The average Bonchev–Trinajstić information content (AvgIpc) is 2.76. The van der Waals surface area contributed by atoms with Crippen molar-refractivity contribution in [2.75, 3.05) is 7.11 Å². The minimum absolute atomic E-state index is 0.264. The molecule has 0 atom stereocenters. The first kappa shape index (κ1) is 20.2. The molecule has 3 rings (SSSR count). The van der Waals surface area contributed by atoms with E-state index in [-0.39, 0.29) is 5.56 Å². The fourth-order valence-corrected chi connectivity index (χ4v) is 3.58. The third kappa shape index (κ3) is 4.14. The highest BCUT2D eigenvalue weighted by Crippen LogP contribution is 2.37. The number of ether oxygens (including phenoxy) is 1. The maximum absolute atomic E-state index is 12.5. The number of allylic oxidation sites excluding steroid dienone is 2. The van der Waals surface area contributed by atoms with E-state index in [9.17, 15) is 9.90 Å². The normalized spacial score (nSPS) is 12.0. The van der Waals surface area contributed by atoms with Gasteiger partial charge in [-0.05, 0) is 48.3 Å². The molecule has 0 bridgehead atoms. The van der Waals surface area contributed by atoms with E-state index >= 15 is 0 Å². The van der Waals surface area contributed by atoms with Gasteiger partial charge in [-0.15, -0.1) is 0 Å². The van der Waals surface area contributed by atoms with Crippen molar-refractivity contribution >= 4 is 17.1 Å². The molecule has 0 saturated carbocycles. The Morgan fingerprint density at radius 2 is 1.21 bits per heavy atom. The van der Waals surface area contributed by atoms with E-state index in [1.807, 2.05) is 86.7 Å². The monoisotopic (exact) mass is 384 g/mol. The molecule has 0 aliphatic heterocycles. The summed E-state index contributed by atoms with van der Waals surface area (Å²) in [6.07, 6.45) is 3.89. The largest absolute Gasteiger partial charge is 0.497 e. The summed E-state index contributed by atoms with van der Waals surface area (Å²) in [7, 11) is 1.60. The van der Waals surface area contributed by atoms with E-state index in [1.54, 1.807) is 19.2 Å². The minimum Gasteiger partial charge on any atom is -0.497 e. The zero-order chi connectivity index (χ0) is 20.8. The molecule has 3 aromatic carbocycles. The van der Waals surface area contributed by atoms with Gasteiger partial charge in [0.25, 0.3) is 0 Å². The maximum atomic E-state index is 12.5. The molecule has 1 N–H and O–H groups in total. The van der Waals surface area contributed by atoms with Gasteiger partial charge in [-0.25, -0.2) is 4.79 Å². The summed E-state index contributed by atoms with van der Waals surface area (Å²) in [5.41, 5.74) is 5.15. The van der Waals surface area contributed by atoms with Gasteiger partial charge in [-0.3, -0.25) is 0 Å². The summed E-state index contributed by atoms with van der Waals surface area (Å²) >= 11 is 0. The second-order valence-electron chi connectivity index (χ2n) is 6.54. The lowest BCUT2D eigenvalue weighted by atomic mass is 9.86. The Morgan fingerprint density at radius 3 is 1.52 bits per heavy atom. The topological polar surface area (TPSA) is 46.5 Å². The molecule has 29 heavy (non-hydrogen) atoms. The van der Waals surface area contributed by atoms with Crippen LogP contribution >= 0.6 is 0 Å². The predicted molar refractivity (Wildman–Crippen MR) is 118 cm³/mol. The van der Waals surface area contributed by atoms with E-state index in [0.29, 0.717) is 16.9 Å². The smallest absolute Gasteiger partial charge is 0.336 e. The van der Waals surface area contributed by atoms with E-state index in [1.165, 1.54) is 0 Å². The zero-order valence-electron chi connectivity index (χ0n) is 16.8. The van der Waals surface area contributed by atoms with Crippen LogP contribution in [0.4, 0.5) is 0 Å². The SMILES string of the molecule is C/C=C(\c1ccccc1)c1cc(OC)cc(/C(=C/C)c2ccccc2)c1C(=O)O. The average molecular weight is 384 g/mol. The van der Waals surface area contributed by atoms with E-state index in [4.69, 9.17) is 4.74 Å². The first-order valence-electron chi connectivity index (χ1n) is 9.50. The summed E-state index contributed by atoms with van der Waals surface area (Å²) < 4.78 is 5.54. The molecule has 0 amide bonds. The number of hydrogen-bond acceptors (Lipinski definition) is 2. The molecule has 0 aliphatic carbocycles. The molecule has 3 nitrogen and oxygen atoms in total. The molecule has 0 saturated heterocycles. The summed E-state index contributed by atoms with van der Waals surface area (Å²) in [4.78, 5) is 12.5. The Hall–Kier alpha value is -3.59. The molecule has 0 fully saturated rings. The van der Waals surface area contributed by atoms with Crippen LogP contribution in [0.25, 0.3) is 11.1 Å². The number of hydrogen-bond donors (Lipinski definition) is 1. The second kappa shape index (κ2) is 9.07. The summed E-state index contributed by atoms with van der Waals surface area (Å²) in [5, 5.41) is 10.2. The van der Waals surface area contributed by atoms with Crippen LogP contribution in [-0.2, 0) is 0 Å². The number of carboxylic acid groups (broad SMARTS) is 1. The summed E-state index contributed by atoms with van der Waals surface area (Å²) in [6, 6.07) is 23.2. The van der Waals surface area contributed by atoms with Crippen LogP contribution in [0.3, 0.4) is 0 Å². The molecule has 0 aliphatic rings. The number of carbonyl (C=O) groups is 1. The van der Waals surface area contributed by atoms with Crippen molar-refractivity contribution in [2.24, 2.45) is 0 Å². The van der Waals surface area contributed by atoms with Gasteiger partial charge >= 0.3 is 5.97 Å². The quantitative estimate of drug-likeness (QED) is 0.543. The third-order valence-electron chi connectivity index (χ3n) is 4.89. The number of carboxylic acids is 1. The summed E-state index contributed by atoms with van der Waals surface area (Å²) in [6.45, 7) is 3.84. The predicted octanol–water partition coefficient (Wildman–Crippen LogP) is 6.30. The molecular weight excluding hydrogens is 360 g/mol. The van der Waals surface area contributed by atoms with Crippen LogP contribution in [0.2, 0.25) is 0 Å². The molecule has 3 heteroatoms. The maximum Gasteiger partial charge on any atom is 0.336 e. The van der Waals surface area contributed by atoms with Crippen LogP contribution in [-0.4, -0.2) is 18.2 Å². The van der Waals surface area contributed by atoms with Crippen LogP contribution < -0.4 is 4.74 Å². The van der Waals surface area contributed by atoms with Gasteiger partial charge in [0.2, 0.25) is 0 Å². The molecule has 0 unspecified atom stereocenters. The number of aromatic carboxylic acids is 1. The summed E-state index contributed by atoms with van der Waals surface area (Å²) in [5.74, 6) is -0.353. The lowest BCUT2D eigenvalue weighted by molar-refractivity contribution is 0.0696. The van der Waals surface area contributed by atoms with Crippen molar-refractivity contribution in [1.29, 1.82) is 0 Å². The van der Waals surface area contributed by atoms with E-state index in [2.05, 4.69) is 0 Å². The Kier molecular flexibility index (Phi) is 6.30. The molecule has 3 aromatic rings. The van der Waals surface area contributed by atoms with Crippen LogP contribution in [0.5, 0.6) is 5.75 Å². The Balaban J connectivity index is 2.33. The number of benzene rings is 3. The van der Waals surface area contributed by atoms with Crippen molar-refractivity contribution < 1.29 is 14.6 Å². The van der Waals surface area contributed by atoms with Crippen LogP contribution in [0.15, 0.2) is 84.9 Å². The highest BCUT2D eigenvalue weighted by atomic mass is 16.5. The van der Waals surface area contributed by atoms with Gasteiger partial charge in [0, 0.05) is 11.1 Å². The van der Waals surface area contributed by atoms with Crippen molar-refractivity contribution in [3.63, 3.8) is 0 Å². The van der Waals surface area contributed by atoms with Crippen molar-refractivity contribution in [3.05, 3.63) is 113 Å². The Morgan fingerprint density at radius 1 is 0.793 bits per heavy atom. The van der Waals surface area contributed by atoms with Crippen LogP contribution in [0, 0.1) is 0 Å². The lowest BCUT2D eigenvalue weighted by Gasteiger charge is -2.19. The van der Waals surface area contributed by atoms with Gasteiger partial charge in [0.1, 0.15) is 5.75 Å². The Labute approximate surface area is 171 Å². The van der Waals surface area contributed by atoms with Gasteiger partial charge < -0.3 is 9.84 Å². The molecule has 0 aromatic heterocycles. The van der Waals surface area contributed by atoms with Gasteiger partial charge in [-0.1, -0.05) is 72.8 Å². The fraction of sp³-hybridized carbons (Fsp3) is 0.115. The fourth-order valence-electron chi connectivity index (χ4n) is 3.58. The lowest BCUT2D eigenvalue weighted by Crippen LogP contribution is -2.09. The van der Waals surface area contributed by atoms with Gasteiger partial charge in [0.05, 0.1) is 12.7 Å². The first-order chi connectivity index (χ1) is 14.1. The Bertz CT molecular complexity index is 985. The van der Waals surface area contributed by atoms with Crippen LogP contribution in [0.1, 0.15) is 46.5 Å². The van der Waals surface area contributed by atoms with Gasteiger partial charge in [0.15, 0.2) is 0 Å².